The van der Waals surface area contributed by atoms with E-state index in [-0.39, 0.29) is 0 Å². The number of esters is 1. The zero-order valence-electron chi connectivity index (χ0n) is 9.23. The van der Waals surface area contributed by atoms with Crippen molar-refractivity contribution >= 4 is 5.97 Å². The summed E-state index contributed by atoms with van der Waals surface area (Å²) in [5.74, 6) is -1.01. The molecular formula is C12H16O3. The first-order chi connectivity index (χ1) is 7.00. The molecule has 0 saturated heterocycles. The monoisotopic (exact) mass is 208 g/mol. The van der Waals surface area contributed by atoms with Gasteiger partial charge >= 0.3 is 5.97 Å². The summed E-state index contributed by atoms with van der Waals surface area (Å²) < 4.78 is 4.62. The van der Waals surface area contributed by atoms with Gasteiger partial charge in [0.15, 0.2) is 0 Å². The van der Waals surface area contributed by atoms with Crippen LogP contribution in [-0.2, 0) is 15.1 Å². The lowest BCUT2D eigenvalue weighted by molar-refractivity contribution is -0.154. The number of ether oxygens (including phenoxy) is 1. The Hall–Kier alpha value is -1.35. The van der Waals surface area contributed by atoms with Gasteiger partial charge in [0.25, 0.3) is 0 Å². The quantitative estimate of drug-likeness (QED) is 0.769. The lowest BCUT2D eigenvalue weighted by Crippen LogP contribution is -2.35. The third kappa shape index (κ3) is 2.36. The normalized spacial score (nSPS) is 16.5. The molecule has 0 unspecified atom stereocenters. The molecule has 0 radical (unpaired) electrons. The molecule has 1 N–H and O–H groups in total. The van der Waals surface area contributed by atoms with Crippen molar-refractivity contribution in [2.24, 2.45) is 5.92 Å². The van der Waals surface area contributed by atoms with Gasteiger partial charge in [0, 0.05) is 0 Å². The van der Waals surface area contributed by atoms with Crippen molar-refractivity contribution in [1.29, 1.82) is 0 Å². The number of methoxy groups -OCH3 is 1. The minimum Gasteiger partial charge on any atom is -0.469 e. The lowest BCUT2D eigenvalue weighted by Gasteiger charge is -2.28. The van der Waals surface area contributed by atoms with E-state index in [1.807, 2.05) is 18.2 Å². The summed E-state index contributed by atoms with van der Waals surface area (Å²) >= 11 is 0. The average molecular weight is 208 g/mol. The van der Waals surface area contributed by atoms with Crippen LogP contribution in [0.3, 0.4) is 0 Å². The molecule has 1 rings (SSSR count). The SMILES string of the molecule is COC(=O)[C@H](C)[C@](C)(O)c1ccccc1. The Morgan fingerprint density at radius 1 is 1.40 bits per heavy atom. The number of rotatable bonds is 3. The summed E-state index contributed by atoms with van der Waals surface area (Å²) in [6.07, 6.45) is 0. The fourth-order valence-corrected chi connectivity index (χ4v) is 1.43. The standard InChI is InChI=1S/C12H16O3/c1-9(11(13)15-3)12(2,14)10-7-5-4-6-8-10/h4-9,14H,1-3H3/t9-,12-/m0/s1. The van der Waals surface area contributed by atoms with Crippen LogP contribution < -0.4 is 0 Å². The molecule has 2 atom stereocenters. The van der Waals surface area contributed by atoms with E-state index < -0.39 is 17.5 Å². The summed E-state index contributed by atoms with van der Waals surface area (Å²) in [5, 5.41) is 10.3. The molecule has 0 bridgehead atoms. The maximum absolute atomic E-state index is 11.3. The van der Waals surface area contributed by atoms with Gasteiger partial charge in [-0.05, 0) is 19.4 Å². The summed E-state index contributed by atoms with van der Waals surface area (Å²) in [4.78, 5) is 11.3. The molecule has 82 valence electrons. The van der Waals surface area contributed by atoms with Crippen molar-refractivity contribution in [3.63, 3.8) is 0 Å². The molecule has 0 fully saturated rings. The van der Waals surface area contributed by atoms with E-state index in [1.165, 1.54) is 7.11 Å². The van der Waals surface area contributed by atoms with Gasteiger partial charge in [-0.2, -0.15) is 0 Å². The zero-order valence-corrected chi connectivity index (χ0v) is 9.23. The first kappa shape index (κ1) is 11.7. The van der Waals surface area contributed by atoms with E-state index in [9.17, 15) is 9.90 Å². The second-order valence-electron chi connectivity index (χ2n) is 3.76. The maximum atomic E-state index is 11.3. The topological polar surface area (TPSA) is 46.5 Å². The highest BCUT2D eigenvalue weighted by Gasteiger charge is 2.35. The number of hydrogen-bond acceptors (Lipinski definition) is 3. The van der Waals surface area contributed by atoms with Crippen LogP contribution in [-0.4, -0.2) is 18.2 Å². The predicted molar refractivity (Wildman–Crippen MR) is 57.2 cm³/mol. The molecule has 1 aromatic carbocycles. The van der Waals surface area contributed by atoms with Crippen LogP contribution in [0.5, 0.6) is 0 Å². The second kappa shape index (κ2) is 4.45. The highest BCUT2D eigenvalue weighted by Crippen LogP contribution is 2.29. The average Bonchev–Trinajstić information content (AvgIpc) is 2.28. The Labute approximate surface area is 89.7 Å². The van der Waals surface area contributed by atoms with E-state index >= 15 is 0 Å². The Morgan fingerprint density at radius 2 is 1.93 bits per heavy atom. The predicted octanol–water partition coefficient (Wildman–Crippen LogP) is 1.70. The molecule has 3 heteroatoms. The Morgan fingerprint density at radius 3 is 2.40 bits per heavy atom. The fraction of sp³-hybridized carbons (Fsp3) is 0.417. The minimum atomic E-state index is -1.20. The van der Waals surface area contributed by atoms with Crippen molar-refractivity contribution < 1.29 is 14.6 Å². The summed E-state index contributed by atoms with van der Waals surface area (Å²) in [5.41, 5.74) is -0.489. The van der Waals surface area contributed by atoms with Crippen LogP contribution in [0.1, 0.15) is 19.4 Å². The van der Waals surface area contributed by atoms with E-state index in [4.69, 9.17) is 0 Å². The largest absolute Gasteiger partial charge is 0.469 e. The van der Waals surface area contributed by atoms with Crippen LogP contribution in [0.2, 0.25) is 0 Å². The van der Waals surface area contributed by atoms with E-state index in [1.54, 1.807) is 26.0 Å². The molecule has 15 heavy (non-hydrogen) atoms. The number of benzene rings is 1. The number of carbonyl (C=O) groups excluding carboxylic acids is 1. The lowest BCUT2D eigenvalue weighted by atomic mass is 9.84. The van der Waals surface area contributed by atoms with E-state index in [2.05, 4.69) is 4.74 Å². The molecule has 3 nitrogen and oxygen atoms in total. The molecule has 0 aliphatic rings. The molecule has 0 spiro atoms. The summed E-state index contributed by atoms with van der Waals surface area (Å²) in [6, 6.07) is 9.10. The van der Waals surface area contributed by atoms with Crippen molar-refractivity contribution in [1.82, 2.24) is 0 Å². The Kier molecular flexibility index (Phi) is 3.48. The second-order valence-corrected chi connectivity index (χ2v) is 3.76. The fourth-order valence-electron chi connectivity index (χ4n) is 1.43. The first-order valence-corrected chi connectivity index (χ1v) is 4.86. The first-order valence-electron chi connectivity index (χ1n) is 4.86. The third-order valence-electron chi connectivity index (χ3n) is 2.76. The van der Waals surface area contributed by atoms with Crippen LogP contribution in [0, 0.1) is 5.92 Å². The van der Waals surface area contributed by atoms with Gasteiger partial charge in [-0.3, -0.25) is 4.79 Å². The molecule has 0 heterocycles. The third-order valence-corrected chi connectivity index (χ3v) is 2.76. The number of aliphatic hydroxyl groups is 1. The zero-order chi connectivity index (χ0) is 11.5. The molecule has 0 amide bonds. The van der Waals surface area contributed by atoms with Crippen molar-refractivity contribution in [3.05, 3.63) is 35.9 Å². The molecule has 0 saturated carbocycles. The van der Waals surface area contributed by atoms with Crippen molar-refractivity contribution in [3.8, 4) is 0 Å². The van der Waals surface area contributed by atoms with Crippen molar-refractivity contribution in [2.75, 3.05) is 7.11 Å². The molecule has 0 aliphatic heterocycles. The van der Waals surface area contributed by atoms with Gasteiger partial charge < -0.3 is 9.84 Å². The number of carbonyl (C=O) groups is 1. The van der Waals surface area contributed by atoms with Crippen LogP contribution >= 0.6 is 0 Å². The van der Waals surface area contributed by atoms with Crippen LogP contribution in [0.15, 0.2) is 30.3 Å². The van der Waals surface area contributed by atoms with E-state index in [0.29, 0.717) is 5.56 Å². The van der Waals surface area contributed by atoms with Gasteiger partial charge in [-0.1, -0.05) is 30.3 Å². The summed E-state index contributed by atoms with van der Waals surface area (Å²) in [6.45, 7) is 3.27. The van der Waals surface area contributed by atoms with Crippen LogP contribution in [0.25, 0.3) is 0 Å². The smallest absolute Gasteiger partial charge is 0.311 e. The molecule has 0 aliphatic carbocycles. The Bertz CT molecular complexity index is 330. The molecule has 1 aromatic rings. The maximum Gasteiger partial charge on any atom is 0.311 e. The van der Waals surface area contributed by atoms with Gasteiger partial charge in [0.05, 0.1) is 18.6 Å². The summed E-state index contributed by atoms with van der Waals surface area (Å²) in [7, 11) is 1.32. The van der Waals surface area contributed by atoms with Crippen LogP contribution in [0.4, 0.5) is 0 Å². The highest BCUT2D eigenvalue weighted by molar-refractivity contribution is 5.73. The minimum absolute atomic E-state index is 0.413. The van der Waals surface area contributed by atoms with Gasteiger partial charge in [-0.15, -0.1) is 0 Å². The van der Waals surface area contributed by atoms with Crippen molar-refractivity contribution in [2.45, 2.75) is 19.4 Å². The highest BCUT2D eigenvalue weighted by atomic mass is 16.5. The van der Waals surface area contributed by atoms with Gasteiger partial charge in [0.1, 0.15) is 0 Å². The Balaban J connectivity index is 2.97. The molecular weight excluding hydrogens is 192 g/mol. The molecule has 0 aromatic heterocycles. The number of hydrogen-bond donors (Lipinski definition) is 1. The van der Waals surface area contributed by atoms with Gasteiger partial charge in [0.2, 0.25) is 0 Å². The van der Waals surface area contributed by atoms with Gasteiger partial charge in [-0.25, -0.2) is 0 Å². The van der Waals surface area contributed by atoms with E-state index in [0.717, 1.165) is 0 Å².